The Kier molecular flexibility index (Phi) is 2.47. The molecule has 0 spiro atoms. The summed E-state index contributed by atoms with van der Waals surface area (Å²) in [5, 5.41) is 10.7. The molecule has 1 aromatic heterocycles. The van der Waals surface area contributed by atoms with Crippen molar-refractivity contribution in [1.29, 1.82) is 0 Å². The van der Waals surface area contributed by atoms with Crippen LogP contribution in [0, 0.1) is 0 Å². The third-order valence-corrected chi connectivity index (χ3v) is 1.70. The van der Waals surface area contributed by atoms with Crippen LogP contribution < -0.4 is 0 Å². The Bertz CT molecular complexity index is 258. The second-order valence-electron chi connectivity index (χ2n) is 1.91. The lowest BCUT2D eigenvalue weighted by molar-refractivity contribution is 0.352. The van der Waals surface area contributed by atoms with Crippen LogP contribution in [0.15, 0.2) is 18.5 Å². The highest BCUT2D eigenvalue weighted by molar-refractivity contribution is 6.66. The minimum atomic E-state index is -1.56. The summed E-state index contributed by atoms with van der Waals surface area (Å²) in [6.45, 7) is 0. The molecule has 59 valence electrons. The molecule has 0 aliphatic rings. The molecule has 0 unspecified atom stereocenters. The Morgan fingerprint density at radius 3 is 2.27 bits per heavy atom. The summed E-state index contributed by atoms with van der Waals surface area (Å²) in [6.07, 6.45) is 2.49. The van der Waals surface area contributed by atoms with Gasteiger partial charge in [0.15, 0.2) is 5.75 Å². The van der Waals surface area contributed by atoms with Gasteiger partial charge in [0.25, 0.3) is 0 Å². The largest absolute Gasteiger partial charge is 0.288 e. The van der Waals surface area contributed by atoms with Crippen LogP contribution in [0.2, 0.25) is 0 Å². The first-order chi connectivity index (χ1) is 5.00. The molecule has 1 heterocycles. The maximum Gasteiger partial charge on any atom is 0.217 e. The Hall–Kier alpha value is -0.180. The summed E-state index contributed by atoms with van der Waals surface area (Å²) in [6, 6.07) is 1.24. The highest BCUT2D eigenvalue weighted by Crippen LogP contribution is 2.38. The van der Waals surface area contributed by atoms with E-state index in [0.717, 1.165) is 6.20 Å². The van der Waals surface area contributed by atoms with Gasteiger partial charge in [0.05, 0.1) is 6.20 Å². The predicted octanol–water partition coefficient (Wildman–Crippen LogP) is 3.05. The molecule has 0 fully saturated rings. The topological polar surface area (TPSA) is 32.8 Å². The molecule has 1 rings (SSSR count). The van der Waals surface area contributed by atoms with Gasteiger partial charge < -0.3 is 0 Å². The summed E-state index contributed by atoms with van der Waals surface area (Å²) in [5.74, 6) is -0.270. The van der Waals surface area contributed by atoms with Crippen molar-refractivity contribution in [2.24, 2.45) is 0 Å². The van der Waals surface area contributed by atoms with Crippen molar-refractivity contribution in [3.05, 3.63) is 24.0 Å². The van der Waals surface area contributed by atoms with Crippen molar-refractivity contribution < 1.29 is 5.11 Å². The first-order valence-corrected chi connectivity index (χ1v) is 3.83. The minimum absolute atomic E-state index is 0.270. The molecule has 5 heteroatoms. The zero-order valence-corrected chi connectivity index (χ0v) is 7.49. The normalized spacial score (nSPS) is 11.5. The van der Waals surface area contributed by atoms with E-state index in [2.05, 4.69) is 4.98 Å². The van der Waals surface area contributed by atoms with E-state index in [0.29, 0.717) is 0 Å². The zero-order valence-electron chi connectivity index (χ0n) is 5.22. The van der Waals surface area contributed by atoms with Gasteiger partial charge in [-0.05, 0) is 6.07 Å². The fourth-order valence-corrected chi connectivity index (χ4v) is 0.884. The molecule has 0 N–H and O–H groups in total. The lowest BCUT2D eigenvalue weighted by Crippen LogP contribution is -1.99. The van der Waals surface area contributed by atoms with Crippen molar-refractivity contribution in [1.82, 2.24) is 4.98 Å². The van der Waals surface area contributed by atoms with Crippen LogP contribution in [0.25, 0.3) is 0 Å². The predicted molar refractivity (Wildman–Crippen MR) is 43.6 cm³/mol. The molecule has 0 saturated carbocycles. The maximum absolute atomic E-state index is 10.7. The average molecular weight is 211 g/mol. The Morgan fingerprint density at radius 2 is 1.91 bits per heavy atom. The van der Waals surface area contributed by atoms with E-state index in [-0.39, 0.29) is 11.3 Å². The lowest BCUT2D eigenvalue weighted by Gasteiger charge is -2.08. The number of alkyl halides is 3. The molecule has 1 radical (unpaired) electrons. The lowest BCUT2D eigenvalue weighted by atomic mass is 10.3. The second kappa shape index (κ2) is 3.05. The molecule has 0 aromatic carbocycles. The number of hydrogen-bond acceptors (Lipinski definition) is 1. The summed E-state index contributed by atoms with van der Waals surface area (Å²) in [4.78, 5) is 3.58. The third-order valence-electron chi connectivity index (χ3n) is 1.04. The SMILES string of the molecule is [O]c1cncc(C(Cl)(Cl)Cl)c1. The van der Waals surface area contributed by atoms with Crippen LogP contribution in [0.4, 0.5) is 0 Å². The van der Waals surface area contributed by atoms with Gasteiger partial charge in [0.2, 0.25) is 3.79 Å². The Morgan fingerprint density at radius 1 is 1.27 bits per heavy atom. The van der Waals surface area contributed by atoms with Gasteiger partial charge in [0, 0.05) is 11.8 Å². The van der Waals surface area contributed by atoms with Crippen molar-refractivity contribution in [2.75, 3.05) is 0 Å². The molecule has 2 nitrogen and oxygen atoms in total. The summed E-state index contributed by atoms with van der Waals surface area (Å²) in [5.41, 5.74) is 0.287. The van der Waals surface area contributed by atoms with Gasteiger partial charge >= 0.3 is 0 Å². The number of halogens is 3. The number of aromatic nitrogens is 1. The highest BCUT2D eigenvalue weighted by atomic mass is 35.6. The van der Waals surface area contributed by atoms with E-state index in [9.17, 15) is 5.11 Å². The Balaban J connectivity index is 3.06. The fourth-order valence-electron chi connectivity index (χ4n) is 0.574. The van der Waals surface area contributed by atoms with Crippen molar-refractivity contribution in [3.8, 4) is 5.75 Å². The van der Waals surface area contributed by atoms with Crippen LogP contribution in [0.1, 0.15) is 5.56 Å². The first kappa shape index (κ1) is 8.91. The molecular formula is C6H3Cl3NO. The molecule has 0 amide bonds. The van der Waals surface area contributed by atoms with Crippen molar-refractivity contribution in [2.45, 2.75) is 3.79 Å². The van der Waals surface area contributed by atoms with Gasteiger partial charge in [-0.3, -0.25) is 10.1 Å². The quantitative estimate of drug-likeness (QED) is 0.607. The highest BCUT2D eigenvalue weighted by Gasteiger charge is 2.23. The van der Waals surface area contributed by atoms with Gasteiger partial charge in [-0.1, -0.05) is 34.8 Å². The van der Waals surface area contributed by atoms with Crippen molar-refractivity contribution in [3.63, 3.8) is 0 Å². The smallest absolute Gasteiger partial charge is 0.217 e. The second-order valence-corrected chi connectivity index (χ2v) is 4.19. The number of nitrogens with zero attached hydrogens (tertiary/aromatic N) is 1. The molecule has 0 aliphatic carbocycles. The molecule has 0 bridgehead atoms. The first-order valence-electron chi connectivity index (χ1n) is 2.69. The van der Waals surface area contributed by atoms with Crippen LogP contribution in [0.5, 0.6) is 5.75 Å². The third kappa shape index (κ3) is 2.40. The van der Waals surface area contributed by atoms with Crippen LogP contribution in [0.3, 0.4) is 0 Å². The van der Waals surface area contributed by atoms with Crippen LogP contribution in [-0.2, 0) is 8.90 Å². The standard InChI is InChI=1S/C6H3Cl3NO/c7-6(8,9)4-1-5(11)3-10-2-4/h1-3H. The molecule has 0 saturated heterocycles. The number of pyridine rings is 1. The van der Waals surface area contributed by atoms with Gasteiger partial charge in [0.1, 0.15) is 0 Å². The summed E-state index contributed by atoms with van der Waals surface area (Å²) in [7, 11) is 0. The van der Waals surface area contributed by atoms with Gasteiger partial charge in [-0.2, -0.15) is 0 Å². The Labute approximate surface area is 78.7 Å². The average Bonchev–Trinajstić information content (AvgIpc) is 1.86. The fraction of sp³-hybridized carbons (Fsp3) is 0.167. The maximum atomic E-state index is 10.7. The molecule has 0 atom stereocenters. The van der Waals surface area contributed by atoms with Crippen molar-refractivity contribution >= 4 is 34.8 Å². The minimum Gasteiger partial charge on any atom is -0.288 e. The number of hydrogen-bond donors (Lipinski definition) is 0. The molecular weight excluding hydrogens is 208 g/mol. The van der Waals surface area contributed by atoms with Gasteiger partial charge in [-0.25, -0.2) is 0 Å². The molecule has 1 aromatic rings. The van der Waals surface area contributed by atoms with E-state index in [1.54, 1.807) is 0 Å². The molecule has 11 heavy (non-hydrogen) atoms. The summed E-state index contributed by atoms with van der Waals surface area (Å²) >= 11 is 16.4. The summed E-state index contributed by atoms with van der Waals surface area (Å²) < 4.78 is -1.56. The zero-order chi connectivity index (χ0) is 8.48. The van der Waals surface area contributed by atoms with Crippen LogP contribution >= 0.6 is 34.8 Å². The monoisotopic (exact) mass is 210 g/mol. The van der Waals surface area contributed by atoms with E-state index in [1.807, 2.05) is 0 Å². The van der Waals surface area contributed by atoms with Gasteiger partial charge in [-0.15, -0.1) is 0 Å². The van der Waals surface area contributed by atoms with E-state index >= 15 is 0 Å². The van der Waals surface area contributed by atoms with Crippen LogP contribution in [-0.4, -0.2) is 4.98 Å². The van der Waals surface area contributed by atoms with E-state index in [4.69, 9.17) is 34.8 Å². The van der Waals surface area contributed by atoms with E-state index < -0.39 is 3.79 Å². The van der Waals surface area contributed by atoms with E-state index in [1.165, 1.54) is 12.3 Å². The molecule has 0 aliphatic heterocycles. The number of rotatable bonds is 0.